The van der Waals surface area contributed by atoms with E-state index in [0.717, 1.165) is 19.4 Å². The van der Waals surface area contributed by atoms with Crippen LogP contribution in [0, 0.1) is 0 Å². The minimum absolute atomic E-state index is 0.0231. The Morgan fingerprint density at radius 1 is 1.35 bits per heavy atom. The van der Waals surface area contributed by atoms with E-state index in [4.69, 9.17) is 0 Å². The topological polar surface area (TPSA) is 81.0 Å². The average Bonchev–Trinajstić information content (AvgIpc) is 2.77. The molecule has 0 atom stereocenters. The number of carbonyl (C=O) groups excluding carboxylic acids is 1. The highest BCUT2D eigenvalue weighted by atomic mass is 16.2. The van der Waals surface area contributed by atoms with Crippen LogP contribution in [0.1, 0.15) is 37.9 Å². The Bertz CT molecular complexity index is 541. The Morgan fingerprint density at radius 2 is 2.15 bits per heavy atom. The van der Waals surface area contributed by atoms with E-state index in [1.807, 2.05) is 0 Å². The molecule has 0 aromatic carbocycles. The van der Waals surface area contributed by atoms with Crippen LogP contribution in [0.2, 0.25) is 0 Å². The smallest absolute Gasteiger partial charge is 0.346 e. The van der Waals surface area contributed by atoms with Gasteiger partial charge in [0.15, 0.2) is 0 Å². The highest BCUT2D eigenvalue weighted by Gasteiger charge is 2.20. The lowest BCUT2D eigenvalue weighted by atomic mass is 9.95. The SMILES string of the molecule is O=C(Cn1nc2n(c1=O)CCNC2)NC1CCCCC1. The molecule has 2 N–H and O–H groups in total. The monoisotopic (exact) mass is 279 g/mol. The molecule has 110 valence electrons. The van der Waals surface area contributed by atoms with E-state index >= 15 is 0 Å². The summed E-state index contributed by atoms with van der Waals surface area (Å²) in [5.41, 5.74) is -0.180. The van der Waals surface area contributed by atoms with Gasteiger partial charge in [0, 0.05) is 19.1 Å². The lowest BCUT2D eigenvalue weighted by Gasteiger charge is -2.22. The fourth-order valence-corrected chi connectivity index (χ4v) is 2.99. The Hall–Kier alpha value is -1.63. The van der Waals surface area contributed by atoms with E-state index in [9.17, 15) is 9.59 Å². The van der Waals surface area contributed by atoms with Gasteiger partial charge in [-0.1, -0.05) is 19.3 Å². The highest BCUT2D eigenvalue weighted by molar-refractivity contribution is 5.75. The summed E-state index contributed by atoms with van der Waals surface area (Å²) in [4.78, 5) is 24.1. The molecule has 0 unspecified atom stereocenters. The Morgan fingerprint density at radius 3 is 2.90 bits per heavy atom. The number of hydrogen-bond donors (Lipinski definition) is 2. The summed E-state index contributed by atoms with van der Waals surface area (Å²) in [5, 5.41) is 10.4. The summed E-state index contributed by atoms with van der Waals surface area (Å²) < 4.78 is 2.92. The number of amides is 1. The number of fused-ring (bicyclic) bond motifs is 1. The van der Waals surface area contributed by atoms with Gasteiger partial charge in [-0.05, 0) is 12.8 Å². The van der Waals surface area contributed by atoms with Crippen LogP contribution in [-0.2, 0) is 24.4 Å². The quantitative estimate of drug-likeness (QED) is 0.788. The van der Waals surface area contributed by atoms with Crippen molar-refractivity contribution < 1.29 is 4.79 Å². The molecule has 1 aliphatic carbocycles. The molecule has 0 radical (unpaired) electrons. The third kappa shape index (κ3) is 2.77. The molecule has 0 spiro atoms. The molecule has 2 aliphatic rings. The van der Waals surface area contributed by atoms with Crippen molar-refractivity contribution in [3.63, 3.8) is 0 Å². The number of hydrogen-bond acceptors (Lipinski definition) is 4. The second-order valence-electron chi connectivity index (χ2n) is 5.59. The second-order valence-corrected chi connectivity index (χ2v) is 5.59. The first kappa shape index (κ1) is 13.4. The minimum Gasteiger partial charge on any atom is -0.352 e. The van der Waals surface area contributed by atoms with Crippen LogP contribution >= 0.6 is 0 Å². The van der Waals surface area contributed by atoms with Gasteiger partial charge in [-0.3, -0.25) is 9.36 Å². The number of carbonyl (C=O) groups is 1. The molecule has 20 heavy (non-hydrogen) atoms. The summed E-state index contributed by atoms with van der Waals surface area (Å²) in [6.07, 6.45) is 5.70. The van der Waals surface area contributed by atoms with Crippen molar-refractivity contribution in [3.8, 4) is 0 Å². The number of aromatic nitrogens is 3. The maximum absolute atomic E-state index is 12.1. The summed E-state index contributed by atoms with van der Waals surface area (Å²) in [5.74, 6) is 0.606. The molecular weight excluding hydrogens is 258 g/mol. The third-order valence-electron chi connectivity index (χ3n) is 4.06. The Balaban J connectivity index is 1.63. The molecule has 7 heteroatoms. The molecule has 7 nitrogen and oxygen atoms in total. The van der Waals surface area contributed by atoms with Crippen molar-refractivity contribution in [1.29, 1.82) is 0 Å². The lowest BCUT2D eigenvalue weighted by molar-refractivity contribution is -0.122. The summed E-state index contributed by atoms with van der Waals surface area (Å²) in [7, 11) is 0. The van der Waals surface area contributed by atoms with E-state index in [-0.39, 0.29) is 24.2 Å². The predicted molar refractivity (Wildman–Crippen MR) is 73.2 cm³/mol. The lowest BCUT2D eigenvalue weighted by Crippen LogP contribution is -2.40. The van der Waals surface area contributed by atoms with Gasteiger partial charge >= 0.3 is 5.69 Å². The van der Waals surface area contributed by atoms with E-state index in [0.29, 0.717) is 18.9 Å². The van der Waals surface area contributed by atoms with Gasteiger partial charge in [-0.2, -0.15) is 5.10 Å². The van der Waals surface area contributed by atoms with Gasteiger partial charge in [0.1, 0.15) is 12.4 Å². The van der Waals surface area contributed by atoms with Gasteiger partial charge in [0.2, 0.25) is 5.91 Å². The van der Waals surface area contributed by atoms with Crippen LogP contribution in [0.25, 0.3) is 0 Å². The molecule has 1 aromatic heterocycles. The van der Waals surface area contributed by atoms with E-state index in [1.54, 1.807) is 4.57 Å². The highest BCUT2D eigenvalue weighted by Crippen LogP contribution is 2.17. The first-order valence-corrected chi connectivity index (χ1v) is 7.40. The largest absolute Gasteiger partial charge is 0.352 e. The summed E-state index contributed by atoms with van der Waals surface area (Å²) in [6.45, 7) is 2.01. The third-order valence-corrected chi connectivity index (χ3v) is 4.06. The molecule has 1 amide bonds. The van der Waals surface area contributed by atoms with Crippen molar-refractivity contribution in [3.05, 3.63) is 16.3 Å². The molecule has 0 bridgehead atoms. The van der Waals surface area contributed by atoms with Crippen LogP contribution in [0.4, 0.5) is 0 Å². The Kier molecular flexibility index (Phi) is 3.86. The standard InChI is InChI=1S/C13H21N5O2/c19-12(15-10-4-2-1-3-5-10)9-18-13(20)17-7-6-14-8-11(17)16-18/h10,14H,1-9H2,(H,15,19). The first-order valence-electron chi connectivity index (χ1n) is 7.40. The van der Waals surface area contributed by atoms with Crippen molar-refractivity contribution in [2.24, 2.45) is 0 Å². The van der Waals surface area contributed by atoms with Gasteiger partial charge in [0.05, 0.1) is 6.54 Å². The fourth-order valence-electron chi connectivity index (χ4n) is 2.99. The van der Waals surface area contributed by atoms with Crippen LogP contribution in [-0.4, -0.2) is 32.8 Å². The van der Waals surface area contributed by atoms with Crippen LogP contribution in [0.5, 0.6) is 0 Å². The molecule has 2 heterocycles. The van der Waals surface area contributed by atoms with E-state index in [2.05, 4.69) is 15.7 Å². The van der Waals surface area contributed by atoms with Crippen molar-refractivity contribution in [1.82, 2.24) is 25.0 Å². The molecule has 1 fully saturated rings. The molecule has 1 saturated carbocycles. The van der Waals surface area contributed by atoms with Crippen LogP contribution < -0.4 is 16.3 Å². The number of nitrogens with zero attached hydrogens (tertiary/aromatic N) is 3. The molecular formula is C13H21N5O2. The number of rotatable bonds is 3. The van der Waals surface area contributed by atoms with Crippen molar-refractivity contribution in [2.75, 3.05) is 6.54 Å². The first-order chi connectivity index (χ1) is 9.74. The molecule has 1 aliphatic heterocycles. The maximum Gasteiger partial charge on any atom is 0.346 e. The molecule has 1 aromatic rings. The minimum atomic E-state index is -0.180. The van der Waals surface area contributed by atoms with Gasteiger partial charge in [-0.15, -0.1) is 0 Å². The zero-order valence-corrected chi connectivity index (χ0v) is 11.6. The second kappa shape index (κ2) is 5.78. The zero-order valence-electron chi connectivity index (χ0n) is 11.6. The maximum atomic E-state index is 12.1. The normalized spacial score (nSPS) is 19.6. The summed E-state index contributed by atoms with van der Waals surface area (Å²) >= 11 is 0. The van der Waals surface area contributed by atoms with Crippen molar-refractivity contribution >= 4 is 5.91 Å². The number of nitrogens with one attached hydrogen (secondary N) is 2. The summed E-state index contributed by atoms with van der Waals surface area (Å²) in [6, 6.07) is 0.269. The Labute approximate surface area is 117 Å². The van der Waals surface area contributed by atoms with E-state index < -0.39 is 0 Å². The van der Waals surface area contributed by atoms with Gasteiger partial charge < -0.3 is 10.6 Å². The van der Waals surface area contributed by atoms with Gasteiger partial charge in [-0.25, -0.2) is 9.48 Å². The predicted octanol–water partition coefficient (Wildman–Crippen LogP) is -0.403. The van der Waals surface area contributed by atoms with E-state index in [1.165, 1.54) is 23.9 Å². The molecule has 3 rings (SSSR count). The fraction of sp³-hybridized carbons (Fsp3) is 0.769. The average molecular weight is 279 g/mol. The zero-order chi connectivity index (χ0) is 13.9. The molecule has 0 saturated heterocycles. The van der Waals surface area contributed by atoms with Crippen LogP contribution in [0.15, 0.2) is 4.79 Å². The van der Waals surface area contributed by atoms with Gasteiger partial charge in [0.25, 0.3) is 0 Å². The van der Waals surface area contributed by atoms with Crippen molar-refractivity contribution in [2.45, 2.75) is 57.8 Å². The van der Waals surface area contributed by atoms with Crippen LogP contribution in [0.3, 0.4) is 0 Å².